The van der Waals surface area contributed by atoms with Crippen molar-refractivity contribution in [2.75, 3.05) is 0 Å². The molecular weight excluding hydrogens is 552 g/mol. The van der Waals surface area contributed by atoms with Crippen molar-refractivity contribution in [2.24, 2.45) is 0 Å². The number of nitrogens with zero attached hydrogens (tertiary/aromatic N) is 2. The molecular formula is C36H22N4O4. The summed E-state index contributed by atoms with van der Waals surface area (Å²) in [5.41, 5.74) is 9.68. The Morgan fingerprint density at radius 1 is 0.364 bits per heavy atom. The zero-order valence-electron chi connectivity index (χ0n) is 23.1. The summed E-state index contributed by atoms with van der Waals surface area (Å²) in [6, 6.07) is 23.4. The first-order chi connectivity index (χ1) is 21.8. The van der Waals surface area contributed by atoms with E-state index in [1.165, 1.54) is 0 Å². The van der Waals surface area contributed by atoms with Crippen molar-refractivity contribution < 1.29 is 17.7 Å². The maximum Gasteiger partial charge on any atom is 0.138 e. The number of hydrogen-bond donors (Lipinski definition) is 2. The van der Waals surface area contributed by atoms with Gasteiger partial charge in [0.15, 0.2) is 0 Å². The van der Waals surface area contributed by atoms with Gasteiger partial charge in [0.1, 0.15) is 23.0 Å². The third-order valence-electron chi connectivity index (χ3n) is 7.82. The smallest absolute Gasteiger partial charge is 0.138 e. The van der Waals surface area contributed by atoms with Crippen LogP contribution in [0.5, 0.6) is 0 Å². The fraction of sp³-hybridized carbons (Fsp3) is 0. The van der Waals surface area contributed by atoms with Gasteiger partial charge in [0.05, 0.1) is 92.1 Å². The van der Waals surface area contributed by atoms with Gasteiger partial charge in [0, 0.05) is 0 Å². The second-order valence-corrected chi connectivity index (χ2v) is 10.4. The monoisotopic (exact) mass is 574 g/mol. The molecule has 0 unspecified atom stereocenters. The van der Waals surface area contributed by atoms with Gasteiger partial charge in [-0.05, 0) is 97.1 Å². The summed E-state index contributed by atoms with van der Waals surface area (Å²) >= 11 is 0. The van der Waals surface area contributed by atoms with Gasteiger partial charge in [-0.15, -0.1) is 0 Å². The molecule has 0 spiro atoms. The Hall–Kier alpha value is -6.28. The van der Waals surface area contributed by atoms with Gasteiger partial charge in [-0.3, -0.25) is 0 Å². The van der Waals surface area contributed by atoms with Gasteiger partial charge in [-0.25, -0.2) is 9.97 Å². The van der Waals surface area contributed by atoms with Crippen LogP contribution in [0.25, 0.3) is 91.7 Å². The standard InChI is InChI=1S/C36H22N4O4/c1-5-29(41-17-1)33-21-9-11-23(37-21)34(30-6-2-18-42-30)25-13-15-27(39-25)36(32-8-4-20-44-32)28-16-14-26(40-28)35(31-7-3-19-43-31)24-12-10-22(33)38-24/h1-20,37,40H. The molecule has 8 heteroatoms. The van der Waals surface area contributed by atoms with Crippen molar-refractivity contribution in [1.29, 1.82) is 0 Å². The average molecular weight is 575 g/mol. The highest BCUT2D eigenvalue weighted by molar-refractivity contribution is 5.98. The van der Waals surface area contributed by atoms with Crippen LogP contribution in [0.2, 0.25) is 0 Å². The molecule has 8 bridgehead atoms. The van der Waals surface area contributed by atoms with Crippen molar-refractivity contribution in [3.63, 3.8) is 0 Å². The number of fused-ring (bicyclic) bond motifs is 8. The molecule has 2 N–H and O–H groups in total. The van der Waals surface area contributed by atoms with E-state index in [4.69, 9.17) is 27.6 Å². The first-order valence-electron chi connectivity index (χ1n) is 14.1. The molecule has 0 atom stereocenters. The van der Waals surface area contributed by atoms with Crippen molar-refractivity contribution in [3.8, 4) is 45.3 Å². The minimum atomic E-state index is 0.692. The summed E-state index contributed by atoms with van der Waals surface area (Å²) in [4.78, 5) is 17.5. The quantitative estimate of drug-likeness (QED) is 0.216. The summed E-state index contributed by atoms with van der Waals surface area (Å²) in [6.07, 6.45) is 14.7. The van der Waals surface area contributed by atoms with Crippen LogP contribution < -0.4 is 0 Å². The van der Waals surface area contributed by atoms with E-state index in [2.05, 4.69) is 9.97 Å². The highest BCUT2D eigenvalue weighted by atomic mass is 16.3. The van der Waals surface area contributed by atoms with Crippen molar-refractivity contribution in [3.05, 3.63) is 121 Å². The molecule has 0 saturated heterocycles. The molecule has 0 aliphatic carbocycles. The second kappa shape index (κ2) is 9.64. The molecule has 0 aromatic carbocycles. The number of rotatable bonds is 4. The second-order valence-electron chi connectivity index (χ2n) is 10.4. The Kier molecular flexibility index (Phi) is 5.33. The molecule has 8 nitrogen and oxygen atoms in total. The first-order valence-corrected chi connectivity index (χ1v) is 14.1. The minimum absolute atomic E-state index is 0.692. The average Bonchev–Trinajstić information content (AvgIpc) is 3.90. The van der Waals surface area contributed by atoms with Gasteiger partial charge < -0.3 is 27.6 Å². The van der Waals surface area contributed by atoms with Crippen molar-refractivity contribution >= 4 is 46.4 Å². The lowest BCUT2D eigenvalue weighted by Gasteiger charge is -2.03. The first kappa shape index (κ1) is 24.3. The highest BCUT2D eigenvalue weighted by Gasteiger charge is 2.21. The molecule has 9 rings (SSSR count). The molecule has 0 amide bonds. The molecule has 44 heavy (non-hydrogen) atoms. The van der Waals surface area contributed by atoms with Gasteiger partial charge in [-0.2, -0.15) is 0 Å². The third kappa shape index (κ3) is 3.85. The van der Waals surface area contributed by atoms with Crippen LogP contribution in [-0.2, 0) is 0 Å². The molecule has 0 fully saturated rings. The predicted molar refractivity (Wildman–Crippen MR) is 170 cm³/mol. The summed E-state index contributed by atoms with van der Waals surface area (Å²) in [5, 5.41) is 0. The number of nitrogens with one attached hydrogen (secondary N) is 2. The van der Waals surface area contributed by atoms with Crippen LogP contribution >= 0.6 is 0 Å². The van der Waals surface area contributed by atoms with Crippen LogP contribution in [0.15, 0.2) is 116 Å². The van der Waals surface area contributed by atoms with E-state index >= 15 is 0 Å². The predicted octanol–water partition coefficient (Wildman–Crippen LogP) is 9.70. The molecule has 7 aromatic heterocycles. The van der Waals surface area contributed by atoms with E-state index in [1.807, 2.05) is 97.1 Å². The van der Waals surface area contributed by atoms with Crippen LogP contribution in [0.1, 0.15) is 22.8 Å². The van der Waals surface area contributed by atoms with E-state index in [1.54, 1.807) is 25.1 Å². The summed E-state index contributed by atoms with van der Waals surface area (Å²) in [5.74, 6) is 2.77. The molecule has 7 aromatic rings. The van der Waals surface area contributed by atoms with Gasteiger partial charge in [0.25, 0.3) is 0 Å². The molecule has 2 aliphatic heterocycles. The molecule has 2 aliphatic rings. The Bertz CT molecular complexity index is 2040. The Labute approximate surface area is 249 Å². The van der Waals surface area contributed by atoms with Crippen LogP contribution in [-0.4, -0.2) is 19.9 Å². The van der Waals surface area contributed by atoms with Crippen LogP contribution in [0.3, 0.4) is 0 Å². The number of H-pyrrole nitrogens is 2. The third-order valence-corrected chi connectivity index (χ3v) is 7.82. The zero-order chi connectivity index (χ0) is 29.0. The Morgan fingerprint density at radius 3 is 0.864 bits per heavy atom. The SMILES string of the molecule is C1=Cc2nc1c(-c1ccco1)c1ccc([nH]1)c(-c1ccco1)c1nc(c(-c3ccco3)c3ccc([nH]3)c2-c2ccco2)C=C1. The van der Waals surface area contributed by atoms with Crippen molar-refractivity contribution in [2.45, 2.75) is 0 Å². The lowest BCUT2D eigenvalue weighted by atomic mass is 10.1. The maximum absolute atomic E-state index is 5.93. The van der Waals surface area contributed by atoms with E-state index in [0.717, 1.165) is 67.1 Å². The summed E-state index contributed by atoms with van der Waals surface area (Å²) in [7, 11) is 0. The fourth-order valence-corrected chi connectivity index (χ4v) is 5.93. The number of furan rings is 4. The summed E-state index contributed by atoms with van der Waals surface area (Å²) in [6.45, 7) is 0. The molecule has 0 saturated carbocycles. The normalized spacial score (nSPS) is 12.4. The minimum Gasteiger partial charge on any atom is -0.464 e. The van der Waals surface area contributed by atoms with E-state index in [-0.39, 0.29) is 0 Å². The molecule has 9 heterocycles. The van der Waals surface area contributed by atoms with E-state index in [9.17, 15) is 0 Å². The number of hydrogen-bond acceptors (Lipinski definition) is 6. The molecule has 210 valence electrons. The fourth-order valence-electron chi connectivity index (χ4n) is 5.93. The van der Waals surface area contributed by atoms with E-state index in [0.29, 0.717) is 23.0 Å². The largest absolute Gasteiger partial charge is 0.464 e. The van der Waals surface area contributed by atoms with Gasteiger partial charge in [-0.1, -0.05) is 0 Å². The van der Waals surface area contributed by atoms with Crippen LogP contribution in [0, 0.1) is 0 Å². The molecule has 0 radical (unpaired) electrons. The maximum atomic E-state index is 5.93. The van der Waals surface area contributed by atoms with Crippen molar-refractivity contribution in [1.82, 2.24) is 19.9 Å². The summed E-state index contributed by atoms with van der Waals surface area (Å²) < 4.78 is 23.7. The van der Waals surface area contributed by atoms with Gasteiger partial charge in [0.2, 0.25) is 0 Å². The number of aromatic nitrogens is 4. The lowest BCUT2D eigenvalue weighted by Crippen LogP contribution is -1.88. The number of aromatic amines is 2. The highest BCUT2D eigenvalue weighted by Crippen LogP contribution is 2.38. The van der Waals surface area contributed by atoms with E-state index < -0.39 is 0 Å². The Morgan fingerprint density at radius 2 is 0.636 bits per heavy atom. The topological polar surface area (TPSA) is 110 Å². The van der Waals surface area contributed by atoms with Gasteiger partial charge >= 0.3 is 0 Å². The Balaban J connectivity index is 1.49. The van der Waals surface area contributed by atoms with Crippen LogP contribution in [0.4, 0.5) is 0 Å². The zero-order valence-corrected chi connectivity index (χ0v) is 23.1. The lowest BCUT2D eigenvalue weighted by molar-refractivity contribution is 0.582.